The molecule has 0 aromatic rings. The molecule has 0 saturated heterocycles. The molecule has 0 heterocycles. The number of rotatable bonds is 1. The summed E-state index contributed by atoms with van der Waals surface area (Å²) in [6.45, 7) is 0. The second-order valence-corrected chi connectivity index (χ2v) is 3.01. The van der Waals surface area contributed by atoms with Crippen molar-refractivity contribution in [2.75, 3.05) is 0 Å². The molecule has 2 unspecified atom stereocenters. The third-order valence-electron chi connectivity index (χ3n) is 0.122. The zero-order chi connectivity index (χ0) is 5.15. The molecule has 0 aliphatic carbocycles. The van der Waals surface area contributed by atoms with Crippen molar-refractivity contribution in [1.29, 1.82) is 0 Å². The van der Waals surface area contributed by atoms with Crippen LogP contribution in [0.1, 0.15) is 0 Å². The molecule has 0 fully saturated rings. The molecule has 0 amide bonds. The number of hydrogen-bond acceptors (Lipinski definition) is 2. The molecule has 2 atom stereocenters. The summed E-state index contributed by atoms with van der Waals surface area (Å²) >= 11 is 0. The van der Waals surface area contributed by atoms with Gasteiger partial charge in [-0.25, -0.2) is 8.42 Å². The van der Waals surface area contributed by atoms with E-state index in [4.69, 9.17) is 9.11 Å². The van der Waals surface area contributed by atoms with E-state index in [2.05, 4.69) is 0 Å². The first-order valence-electron chi connectivity index (χ1n) is 0.865. The molecule has 0 saturated carbocycles. The van der Waals surface area contributed by atoms with Gasteiger partial charge in [-0.05, 0) is 0 Å². The average Bonchev–Trinajstić information content (AvgIpc) is 1.36. The molecule has 0 radical (unpaired) electrons. The Kier molecular flexibility index (Phi) is 19.2. The molecule has 4 nitrogen and oxygen atoms in total. The fourth-order valence-electron chi connectivity index (χ4n) is 0. The quantitative estimate of drug-likeness (QED) is 0.278. The Balaban J connectivity index is -0.000000125. The summed E-state index contributed by atoms with van der Waals surface area (Å²) in [6.07, 6.45) is 0. The molecular formula is H4Na2O4S2. The van der Waals surface area contributed by atoms with Crippen LogP contribution in [0.4, 0.5) is 0 Å². The van der Waals surface area contributed by atoms with Crippen molar-refractivity contribution in [2.45, 2.75) is 0 Å². The van der Waals surface area contributed by atoms with Crippen molar-refractivity contribution in [3.05, 3.63) is 0 Å². The van der Waals surface area contributed by atoms with Gasteiger partial charge >= 0.3 is 59.1 Å². The van der Waals surface area contributed by atoms with E-state index in [0.717, 1.165) is 0 Å². The summed E-state index contributed by atoms with van der Waals surface area (Å²) < 4.78 is 33.6. The second kappa shape index (κ2) is 9.22. The van der Waals surface area contributed by atoms with Crippen molar-refractivity contribution in [3.8, 4) is 0 Å². The zero-order valence-electron chi connectivity index (χ0n) is 2.53. The van der Waals surface area contributed by atoms with E-state index < -0.39 is 20.2 Å². The molecule has 0 aliphatic heterocycles. The summed E-state index contributed by atoms with van der Waals surface area (Å²) in [5.74, 6) is 0. The predicted molar refractivity (Wildman–Crippen MR) is 35.8 cm³/mol. The van der Waals surface area contributed by atoms with Crippen LogP contribution in [-0.2, 0) is 20.2 Å². The SMILES string of the molecule is O=S(O)S(=O)O.[NaH].[NaH]. The first-order valence-corrected chi connectivity index (χ1v) is 3.60. The van der Waals surface area contributed by atoms with E-state index in [1.165, 1.54) is 0 Å². The molecular weight excluding hydrogens is 174 g/mol. The maximum atomic E-state index is 9.26. The van der Waals surface area contributed by atoms with Gasteiger partial charge in [-0.15, -0.1) is 0 Å². The van der Waals surface area contributed by atoms with Gasteiger partial charge in [0, 0.05) is 0 Å². The van der Waals surface area contributed by atoms with E-state index in [9.17, 15) is 8.42 Å². The van der Waals surface area contributed by atoms with Gasteiger partial charge in [0.1, 0.15) is 0 Å². The molecule has 0 aromatic heterocycles. The van der Waals surface area contributed by atoms with E-state index in [1.807, 2.05) is 0 Å². The molecule has 8 heavy (non-hydrogen) atoms. The summed E-state index contributed by atoms with van der Waals surface area (Å²) in [5, 5.41) is 0. The Morgan fingerprint density at radius 1 is 0.875 bits per heavy atom. The Hall–Kier alpha value is 2.22. The van der Waals surface area contributed by atoms with Gasteiger partial charge in [0.2, 0.25) is 0 Å². The van der Waals surface area contributed by atoms with Crippen LogP contribution in [0.3, 0.4) is 0 Å². The predicted octanol–water partition coefficient (Wildman–Crippen LogP) is -1.95. The standard InChI is InChI=1S/2Na.H2O4S2.2H/c;;1-5(2)6(3)4;;/h;;(H,1,2)(H,3,4);;. The molecule has 0 spiro atoms. The van der Waals surface area contributed by atoms with Crippen molar-refractivity contribution >= 4 is 79.3 Å². The van der Waals surface area contributed by atoms with Gasteiger partial charge in [-0.2, -0.15) is 0 Å². The Morgan fingerprint density at radius 2 is 1.00 bits per heavy atom. The first-order chi connectivity index (χ1) is 2.64. The Morgan fingerprint density at radius 3 is 1.00 bits per heavy atom. The van der Waals surface area contributed by atoms with Crippen LogP contribution in [0.2, 0.25) is 0 Å². The van der Waals surface area contributed by atoms with Crippen molar-refractivity contribution < 1.29 is 17.5 Å². The van der Waals surface area contributed by atoms with E-state index in [0.29, 0.717) is 0 Å². The minimum absolute atomic E-state index is 0. The van der Waals surface area contributed by atoms with Crippen LogP contribution in [0.15, 0.2) is 0 Å². The second-order valence-electron chi connectivity index (χ2n) is 0.434. The molecule has 8 heteroatoms. The normalized spacial score (nSPS) is 14.8. The fraction of sp³-hybridized carbons (Fsp3) is 0. The number of hydrogen-bond donors (Lipinski definition) is 2. The van der Waals surface area contributed by atoms with Crippen LogP contribution in [0, 0.1) is 0 Å². The Labute approximate surface area is 95.4 Å². The zero-order valence-corrected chi connectivity index (χ0v) is 4.16. The summed E-state index contributed by atoms with van der Waals surface area (Å²) in [5.41, 5.74) is 0. The Bertz CT molecular complexity index is 78.0. The van der Waals surface area contributed by atoms with E-state index >= 15 is 0 Å². The van der Waals surface area contributed by atoms with Crippen molar-refractivity contribution in [1.82, 2.24) is 0 Å². The van der Waals surface area contributed by atoms with Crippen LogP contribution >= 0.6 is 0 Å². The maximum absolute atomic E-state index is 9.26. The fourth-order valence-corrected chi connectivity index (χ4v) is 0. The molecule has 42 valence electrons. The monoisotopic (exact) mass is 178 g/mol. The molecule has 0 aliphatic rings. The van der Waals surface area contributed by atoms with Gasteiger partial charge in [0.05, 0.1) is 0 Å². The van der Waals surface area contributed by atoms with Gasteiger partial charge in [0.25, 0.3) is 20.2 Å². The van der Waals surface area contributed by atoms with Crippen LogP contribution in [-0.4, -0.2) is 76.6 Å². The third kappa shape index (κ3) is 11.1. The van der Waals surface area contributed by atoms with Crippen molar-refractivity contribution in [3.63, 3.8) is 0 Å². The van der Waals surface area contributed by atoms with E-state index in [-0.39, 0.29) is 59.1 Å². The van der Waals surface area contributed by atoms with Gasteiger partial charge in [-0.1, -0.05) is 0 Å². The van der Waals surface area contributed by atoms with E-state index in [1.54, 1.807) is 0 Å². The first kappa shape index (κ1) is 16.7. The average molecular weight is 178 g/mol. The van der Waals surface area contributed by atoms with Crippen LogP contribution < -0.4 is 0 Å². The third-order valence-corrected chi connectivity index (χ3v) is 1.10. The van der Waals surface area contributed by atoms with Gasteiger partial charge in [-0.3, -0.25) is 9.11 Å². The summed E-state index contributed by atoms with van der Waals surface area (Å²) in [7, 11) is -5.18. The topological polar surface area (TPSA) is 74.6 Å². The molecule has 0 aromatic carbocycles. The van der Waals surface area contributed by atoms with Crippen molar-refractivity contribution in [2.24, 2.45) is 0 Å². The van der Waals surface area contributed by atoms with Gasteiger partial charge < -0.3 is 0 Å². The minimum atomic E-state index is -2.59. The van der Waals surface area contributed by atoms with Gasteiger partial charge in [0.15, 0.2) is 0 Å². The molecule has 2 N–H and O–H groups in total. The summed E-state index contributed by atoms with van der Waals surface area (Å²) in [4.78, 5) is 0. The van der Waals surface area contributed by atoms with Crippen LogP contribution in [0.25, 0.3) is 0 Å². The van der Waals surface area contributed by atoms with Crippen LogP contribution in [0.5, 0.6) is 0 Å². The molecule has 0 bridgehead atoms. The summed E-state index contributed by atoms with van der Waals surface area (Å²) in [6, 6.07) is 0. The molecule has 0 rings (SSSR count).